The molecule has 2 amide bonds. The maximum absolute atomic E-state index is 13.0. The molecule has 0 bridgehead atoms. The first-order valence-corrected chi connectivity index (χ1v) is 10.5. The fraction of sp³-hybridized carbons (Fsp3) is 0.417. The van der Waals surface area contributed by atoms with Crippen LogP contribution in [0, 0.1) is 23.7 Å². The van der Waals surface area contributed by atoms with Crippen molar-refractivity contribution in [1.82, 2.24) is 15.2 Å². The van der Waals surface area contributed by atoms with Gasteiger partial charge in [0.05, 0.1) is 11.6 Å². The largest absolute Gasteiger partial charge is 0.353 e. The number of benzene rings is 1. The highest BCUT2D eigenvalue weighted by Crippen LogP contribution is 2.22. The third kappa shape index (κ3) is 5.60. The van der Waals surface area contributed by atoms with Gasteiger partial charge in [-0.05, 0) is 43.2 Å². The number of aromatic nitrogens is 1. The highest BCUT2D eigenvalue weighted by Gasteiger charge is 2.32. The molecule has 7 nitrogen and oxygen atoms in total. The molecule has 1 unspecified atom stereocenters. The molecule has 1 aliphatic rings. The maximum atomic E-state index is 13.0. The number of pyridine rings is 1. The van der Waals surface area contributed by atoms with Crippen LogP contribution >= 0.6 is 0 Å². The number of nitrogens with zero attached hydrogens (tertiary/aromatic N) is 4. The number of piperazine rings is 1. The van der Waals surface area contributed by atoms with Crippen LogP contribution in [0.5, 0.6) is 0 Å². The Morgan fingerprint density at radius 1 is 1.19 bits per heavy atom. The Labute approximate surface area is 183 Å². The summed E-state index contributed by atoms with van der Waals surface area (Å²) in [5, 5.41) is 12.1. The SMILES string of the molecule is Cc1cccc(N2CCN(C(=O)NC(Cc3ccc(C#N)cc3)C(C)(C)C=O)CC2)n1. The van der Waals surface area contributed by atoms with Crippen molar-refractivity contribution in [1.29, 1.82) is 5.26 Å². The smallest absolute Gasteiger partial charge is 0.317 e. The molecule has 1 fully saturated rings. The van der Waals surface area contributed by atoms with E-state index in [-0.39, 0.29) is 12.1 Å². The Hall–Kier alpha value is -3.40. The second kappa shape index (κ2) is 9.61. The summed E-state index contributed by atoms with van der Waals surface area (Å²) in [4.78, 5) is 33.2. The Morgan fingerprint density at radius 2 is 1.87 bits per heavy atom. The van der Waals surface area contributed by atoms with Gasteiger partial charge in [0.25, 0.3) is 0 Å². The van der Waals surface area contributed by atoms with Crippen molar-refractivity contribution in [2.75, 3.05) is 31.1 Å². The molecule has 1 N–H and O–H groups in total. The number of rotatable bonds is 6. The molecule has 162 valence electrons. The van der Waals surface area contributed by atoms with E-state index in [1.807, 2.05) is 51.1 Å². The van der Waals surface area contributed by atoms with Crippen LogP contribution in [0.15, 0.2) is 42.5 Å². The first-order chi connectivity index (χ1) is 14.8. The van der Waals surface area contributed by atoms with Crippen LogP contribution in [0.4, 0.5) is 10.6 Å². The minimum absolute atomic E-state index is 0.162. The lowest BCUT2D eigenvalue weighted by Gasteiger charge is -2.38. The predicted octanol–water partition coefficient (Wildman–Crippen LogP) is 2.93. The van der Waals surface area contributed by atoms with E-state index in [1.165, 1.54) is 0 Å². The summed E-state index contributed by atoms with van der Waals surface area (Å²) in [5.41, 5.74) is 1.80. The molecular formula is C24H29N5O2. The van der Waals surface area contributed by atoms with E-state index in [0.29, 0.717) is 38.2 Å². The fourth-order valence-corrected chi connectivity index (χ4v) is 3.62. The number of nitrogens with one attached hydrogen (secondary N) is 1. The number of hydrogen-bond donors (Lipinski definition) is 1. The molecule has 2 heterocycles. The summed E-state index contributed by atoms with van der Waals surface area (Å²) in [7, 11) is 0. The van der Waals surface area contributed by atoms with Gasteiger partial charge in [0, 0.05) is 43.3 Å². The molecule has 1 aromatic carbocycles. The molecule has 1 atom stereocenters. The standard InChI is InChI=1S/C24H29N5O2/c1-18-5-4-6-22(26-18)28-11-13-29(14-12-28)23(31)27-21(24(2,3)17-30)15-19-7-9-20(16-25)10-8-19/h4-10,17,21H,11-15H2,1-3H3,(H,27,31). The number of aryl methyl sites for hydroxylation is 1. The molecular weight excluding hydrogens is 390 g/mol. The number of amides is 2. The molecule has 0 saturated carbocycles. The Balaban J connectivity index is 1.63. The second-order valence-electron chi connectivity index (χ2n) is 8.57. The van der Waals surface area contributed by atoms with Gasteiger partial charge in [0.1, 0.15) is 12.1 Å². The molecule has 1 saturated heterocycles. The van der Waals surface area contributed by atoms with Gasteiger partial charge in [-0.3, -0.25) is 0 Å². The first kappa shape index (κ1) is 22.3. The van der Waals surface area contributed by atoms with Gasteiger partial charge in [-0.2, -0.15) is 5.26 Å². The van der Waals surface area contributed by atoms with Gasteiger partial charge < -0.3 is 19.9 Å². The number of carbonyl (C=O) groups is 2. The normalized spacial score (nSPS) is 15.2. The predicted molar refractivity (Wildman–Crippen MR) is 120 cm³/mol. The molecule has 1 aromatic heterocycles. The van der Waals surface area contributed by atoms with E-state index in [0.717, 1.165) is 23.4 Å². The number of nitriles is 1. The van der Waals surface area contributed by atoms with Crippen molar-refractivity contribution in [2.24, 2.45) is 5.41 Å². The zero-order chi connectivity index (χ0) is 22.4. The molecule has 0 spiro atoms. The van der Waals surface area contributed by atoms with Gasteiger partial charge in [-0.15, -0.1) is 0 Å². The van der Waals surface area contributed by atoms with E-state index in [2.05, 4.69) is 21.3 Å². The second-order valence-corrected chi connectivity index (χ2v) is 8.57. The van der Waals surface area contributed by atoms with Gasteiger partial charge in [-0.1, -0.05) is 32.0 Å². The Morgan fingerprint density at radius 3 is 2.45 bits per heavy atom. The fourth-order valence-electron chi connectivity index (χ4n) is 3.62. The molecule has 0 aliphatic carbocycles. The maximum Gasteiger partial charge on any atom is 0.317 e. The Bertz CT molecular complexity index is 957. The highest BCUT2D eigenvalue weighted by atomic mass is 16.2. The summed E-state index contributed by atoms with van der Waals surface area (Å²) in [5.74, 6) is 0.931. The molecule has 2 aromatic rings. The van der Waals surface area contributed by atoms with Gasteiger partial charge in [0.2, 0.25) is 0 Å². The van der Waals surface area contributed by atoms with Crippen LogP contribution in [0.2, 0.25) is 0 Å². The van der Waals surface area contributed by atoms with E-state index in [4.69, 9.17) is 5.26 Å². The number of aldehydes is 1. The molecule has 1 aliphatic heterocycles. The minimum atomic E-state index is -0.725. The van der Waals surface area contributed by atoms with Crippen molar-refractivity contribution in [3.8, 4) is 6.07 Å². The summed E-state index contributed by atoms with van der Waals surface area (Å²) in [6, 6.07) is 14.8. The number of hydrogen-bond acceptors (Lipinski definition) is 5. The van der Waals surface area contributed by atoms with Crippen LogP contribution in [-0.2, 0) is 11.2 Å². The summed E-state index contributed by atoms with van der Waals surface area (Å²) in [6.07, 6.45) is 1.40. The van der Waals surface area contributed by atoms with E-state index in [9.17, 15) is 9.59 Å². The van der Waals surface area contributed by atoms with Crippen molar-refractivity contribution < 1.29 is 9.59 Å². The molecule has 31 heavy (non-hydrogen) atoms. The summed E-state index contributed by atoms with van der Waals surface area (Å²) in [6.45, 7) is 8.23. The average Bonchev–Trinajstić information content (AvgIpc) is 2.79. The third-order valence-corrected chi connectivity index (χ3v) is 5.79. The van der Waals surface area contributed by atoms with Crippen molar-refractivity contribution in [3.05, 3.63) is 59.3 Å². The summed E-state index contributed by atoms with van der Waals surface area (Å²) < 4.78 is 0. The van der Waals surface area contributed by atoms with Gasteiger partial charge in [0.15, 0.2) is 0 Å². The minimum Gasteiger partial charge on any atom is -0.353 e. The van der Waals surface area contributed by atoms with Crippen LogP contribution in [-0.4, -0.2) is 54.4 Å². The van der Waals surface area contributed by atoms with E-state index >= 15 is 0 Å². The number of anilines is 1. The zero-order valence-electron chi connectivity index (χ0n) is 18.3. The third-order valence-electron chi connectivity index (χ3n) is 5.79. The first-order valence-electron chi connectivity index (χ1n) is 10.5. The molecule has 0 radical (unpaired) electrons. The van der Waals surface area contributed by atoms with Crippen LogP contribution in [0.25, 0.3) is 0 Å². The summed E-state index contributed by atoms with van der Waals surface area (Å²) >= 11 is 0. The van der Waals surface area contributed by atoms with E-state index in [1.54, 1.807) is 17.0 Å². The van der Waals surface area contributed by atoms with E-state index < -0.39 is 5.41 Å². The Kier molecular flexibility index (Phi) is 6.91. The van der Waals surface area contributed by atoms with Crippen LogP contribution in [0.3, 0.4) is 0 Å². The lowest BCUT2D eigenvalue weighted by atomic mass is 9.82. The van der Waals surface area contributed by atoms with Crippen molar-refractivity contribution in [3.63, 3.8) is 0 Å². The van der Waals surface area contributed by atoms with Crippen LogP contribution < -0.4 is 10.2 Å². The van der Waals surface area contributed by atoms with Gasteiger partial charge in [-0.25, -0.2) is 9.78 Å². The van der Waals surface area contributed by atoms with Crippen molar-refractivity contribution in [2.45, 2.75) is 33.2 Å². The molecule has 7 heteroatoms. The lowest BCUT2D eigenvalue weighted by molar-refractivity contribution is -0.115. The van der Waals surface area contributed by atoms with Crippen molar-refractivity contribution >= 4 is 18.1 Å². The topological polar surface area (TPSA) is 89.3 Å². The highest BCUT2D eigenvalue weighted by molar-refractivity contribution is 5.76. The number of urea groups is 1. The lowest BCUT2D eigenvalue weighted by Crippen LogP contribution is -2.56. The monoisotopic (exact) mass is 419 g/mol. The average molecular weight is 420 g/mol. The quantitative estimate of drug-likeness (QED) is 0.727. The zero-order valence-corrected chi connectivity index (χ0v) is 18.3. The van der Waals surface area contributed by atoms with Gasteiger partial charge >= 0.3 is 6.03 Å². The van der Waals surface area contributed by atoms with Crippen LogP contribution in [0.1, 0.15) is 30.7 Å². The number of carbonyl (C=O) groups excluding carboxylic acids is 2. The molecule has 3 rings (SSSR count).